The number of carboxylic acid groups (broad SMARTS) is 2. The normalized spacial score (nSPS) is 11.7. The second-order valence-corrected chi connectivity index (χ2v) is 7.12. The molecule has 0 heterocycles. The van der Waals surface area contributed by atoms with Crippen LogP contribution in [0, 0.1) is 0 Å². The molecule has 0 bridgehead atoms. The highest BCUT2D eigenvalue weighted by atomic mass is 16.6. The quantitative estimate of drug-likeness (QED) is 0.196. The molecule has 10 nitrogen and oxygen atoms in total. The molecule has 1 aromatic carbocycles. The van der Waals surface area contributed by atoms with Gasteiger partial charge in [0.1, 0.15) is 25.1 Å². The van der Waals surface area contributed by atoms with Gasteiger partial charge in [0, 0.05) is 24.7 Å². The molecule has 0 saturated heterocycles. The highest BCUT2D eigenvalue weighted by Crippen LogP contribution is 2.13. The van der Waals surface area contributed by atoms with E-state index in [4.69, 9.17) is 24.4 Å². The van der Waals surface area contributed by atoms with Gasteiger partial charge in [-0.3, -0.25) is 0 Å². The fourth-order valence-electron chi connectivity index (χ4n) is 1.95. The highest BCUT2D eigenvalue weighted by Gasteiger charge is 2.09. The first kappa shape index (κ1) is 29.1. The summed E-state index contributed by atoms with van der Waals surface area (Å²) in [5.74, 6) is -2.31. The number of rotatable bonds is 13. The van der Waals surface area contributed by atoms with Gasteiger partial charge in [0.2, 0.25) is 0 Å². The number of aliphatic hydroxyl groups is 1. The van der Waals surface area contributed by atoms with Crippen LogP contribution in [0.15, 0.2) is 36.4 Å². The fourth-order valence-corrected chi connectivity index (χ4v) is 1.95. The van der Waals surface area contributed by atoms with Crippen molar-refractivity contribution in [3.8, 4) is 5.75 Å². The van der Waals surface area contributed by atoms with E-state index >= 15 is 0 Å². The first-order valence-corrected chi connectivity index (χ1v) is 10.1. The van der Waals surface area contributed by atoms with Crippen molar-refractivity contribution >= 4 is 17.9 Å². The summed E-state index contributed by atoms with van der Waals surface area (Å²) in [7, 11) is 0. The van der Waals surface area contributed by atoms with Gasteiger partial charge in [-0.05, 0) is 38.1 Å². The molecule has 0 aliphatic carbocycles. The molecule has 180 valence electrons. The maximum absolute atomic E-state index is 11.8. The molecule has 0 spiro atoms. The van der Waals surface area contributed by atoms with Crippen LogP contribution >= 0.6 is 0 Å². The molecule has 0 saturated carbocycles. The van der Waals surface area contributed by atoms with Gasteiger partial charge in [0.05, 0.1) is 18.3 Å². The van der Waals surface area contributed by atoms with Crippen molar-refractivity contribution in [3.63, 3.8) is 0 Å². The summed E-state index contributed by atoms with van der Waals surface area (Å²) < 4.78 is 15.9. The third-order valence-corrected chi connectivity index (χ3v) is 3.43. The number of carbonyl (C=O) groups is 3. The maximum Gasteiger partial charge on any atom is 0.338 e. The molecule has 0 aliphatic heterocycles. The lowest BCUT2D eigenvalue weighted by Gasteiger charge is -2.15. The summed E-state index contributed by atoms with van der Waals surface area (Å²) >= 11 is 0. The van der Waals surface area contributed by atoms with Crippen LogP contribution in [-0.2, 0) is 19.1 Å². The van der Waals surface area contributed by atoms with Gasteiger partial charge in [-0.2, -0.15) is 0 Å². The Balaban J connectivity index is 0.00000102. The number of carboxylic acids is 2. The maximum atomic E-state index is 11.8. The van der Waals surface area contributed by atoms with Crippen molar-refractivity contribution in [2.45, 2.75) is 45.9 Å². The molecule has 1 rings (SSSR count). The minimum Gasteiger partial charge on any atom is -0.491 e. The van der Waals surface area contributed by atoms with Crippen molar-refractivity contribution in [3.05, 3.63) is 42.0 Å². The second kappa shape index (κ2) is 16.7. The largest absolute Gasteiger partial charge is 0.491 e. The first-order valence-electron chi connectivity index (χ1n) is 10.1. The number of hydrogen-bond donors (Lipinski definition) is 4. The molecule has 32 heavy (non-hydrogen) atoms. The summed E-state index contributed by atoms with van der Waals surface area (Å²) in [6.45, 7) is 9.15. The van der Waals surface area contributed by atoms with Crippen LogP contribution in [-0.4, -0.2) is 77.8 Å². The van der Waals surface area contributed by atoms with Gasteiger partial charge >= 0.3 is 17.9 Å². The van der Waals surface area contributed by atoms with Crippen LogP contribution in [0.2, 0.25) is 0 Å². The van der Waals surface area contributed by atoms with Gasteiger partial charge in [0.25, 0.3) is 0 Å². The molecule has 4 N–H and O–H groups in total. The monoisotopic (exact) mass is 455 g/mol. The summed E-state index contributed by atoms with van der Waals surface area (Å²) in [6.07, 6.45) is 0.647. The Kier molecular flexibility index (Phi) is 15.2. The molecule has 1 unspecified atom stereocenters. The lowest BCUT2D eigenvalue weighted by atomic mass is 10.2. The number of benzene rings is 1. The summed E-state index contributed by atoms with van der Waals surface area (Å²) in [6, 6.07) is 6.96. The average molecular weight is 456 g/mol. The highest BCUT2D eigenvalue weighted by molar-refractivity contribution is 5.90. The van der Waals surface area contributed by atoms with Crippen molar-refractivity contribution in [1.29, 1.82) is 0 Å². The Morgan fingerprint density at radius 2 is 1.53 bits per heavy atom. The Bertz CT molecular complexity index is 699. The Morgan fingerprint density at radius 3 is 2.00 bits per heavy atom. The van der Waals surface area contributed by atoms with E-state index in [2.05, 4.69) is 5.32 Å². The number of nitrogens with one attached hydrogen (secondary N) is 1. The van der Waals surface area contributed by atoms with Crippen molar-refractivity contribution in [2.75, 3.05) is 26.4 Å². The van der Waals surface area contributed by atoms with Crippen molar-refractivity contribution in [1.82, 2.24) is 5.32 Å². The van der Waals surface area contributed by atoms with Gasteiger partial charge in [0.15, 0.2) is 0 Å². The zero-order chi connectivity index (χ0) is 24.5. The van der Waals surface area contributed by atoms with Crippen LogP contribution in [0.1, 0.15) is 38.1 Å². The SMILES string of the molecule is CC(C)NCC(O)COc1ccc(C(=O)OCCOC(C)C)cc1.O=C(O)/C=C\C(=O)O. The lowest BCUT2D eigenvalue weighted by Crippen LogP contribution is -2.35. The minimum absolute atomic E-state index is 0.117. The number of aliphatic hydroxyl groups excluding tert-OH is 1. The average Bonchev–Trinajstić information content (AvgIpc) is 2.72. The number of esters is 1. The van der Waals surface area contributed by atoms with E-state index in [0.717, 1.165) is 0 Å². The standard InChI is InChI=1S/C18H29NO5.C4H4O4/c1-13(2)19-11-16(20)12-24-17-7-5-15(6-8-17)18(21)23-10-9-22-14(3)4;5-3(6)1-2-4(7)8/h5-8,13-14,16,19-20H,9-12H2,1-4H3;1-2H,(H,5,6)(H,7,8)/b;2-1-. The van der Waals surface area contributed by atoms with Crippen LogP contribution in [0.4, 0.5) is 0 Å². The Morgan fingerprint density at radius 1 is 0.969 bits per heavy atom. The second-order valence-electron chi connectivity index (χ2n) is 7.12. The van der Waals surface area contributed by atoms with E-state index in [1.807, 2.05) is 27.7 Å². The number of hydrogen-bond acceptors (Lipinski definition) is 8. The molecule has 1 aromatic rings. The van der Waals surface area contributed by atoms with Gasteiger partial charge in [-0.25, -0.2) is 14.4 Å². The predicted molar refractivity (Wildman–Crippen MR) is 117 cm³/mol. The van der Waals surface area contributed by atoms with Gasteiger partial charge in [-0.1, -0.05) is 13.8 Å². The summed E-state index contributed by atoms with van der Waals surface area (Å²) in [5, 5.41) is 28.5. The van der Waals surface area contributed by atoms with E-state index in [-0.39, 0.29) is 19.3 Å². The van der Waals surface area contributed by atoms with E-state index in [9.17, 15) is 19.5 Å². The Labute approximate surface area is 187 Å². The smallest absolute Gasteiger partial charge is 0.338 e. The molecule has 0 radical (unpaired) electrons. The van der Waals surface area contributed by atoms with Crippen LogP contribution in [0.25, 0.3) is 0 Å². The van der Waals surface area contributed by atoms with E-state index < -0.39 is 24.0 Å². The molecular weight excluding hydrogens is 422 g/mol. The molecule has 10 heteroatoms. The van der Waals surface area contributed by atoms with Gasteiger partial charge < -0.3 is 34.8 Å². The number of ether oxygens (including phenoxy) is 3. The van der Waals surface area contributed by atoms with E-state index in [1.165, 1.54) is 0 Å². The number of carbonyl (C=O) groups excluding carboxylic acids is 1. The Hall–Kier alpha value is -2.95. The molecule has 0 aliphatic rings. The van der Waals surface area contributed by atoms with E-state index in [1.54, 1.807) is 24.3 Å². The molecular formula is C22H33NO9. The molecule has 0 amide bonds. The lowest BCUT2D eigenvalue weighted by molar-refractivity contribution is -0.134. The predicted octanol–water partition coefficient (Wildman–Crippen LogP) is 1.72. The summed E-state index contributed by atoms with van der Waals surface area (Å²) in [4.78, 5) is 31.0. The third kappa shape index (κ3) is 16.8. The minimum atomic E-state index is -1.26. The molecule has 1 atom stereocenters. The van der Waals surface area contributed by atoms with Crippen LogP contribution in [0.5, 0.6) is 5.75 Å². The fraction of sp³-hybridized carbons (Fsp3) is 0.500. The topological polar surface area (TPSA) is 152 Å². The summed E-state index contributed by atoms with van der Waals surface area (Å²) in [5.41, 5.74) is 0.453. The zero-order valence-electron chi connectivity index (χ0n) is 18.8. The van der Waals surface area contributed by atoms with Crippen molar-refractivity contribution in [2.24, 2.45) is 0 Å². The first-order chi connectivity index (χ1) is 15.0. The number of aliphatic carboxylic acids is 2. The third-order valence-electron chi connectivity index (χ3n) is 3.43. The molecule has 0 aromatic heterocycles. The van der Waals surface area contributed by atoms with Gasteiger partial charge in [-0.15, -0.1) is 0 Å². The van der Waals surface area contributed by atoms with Crippen LogP contribution < -0.4 is 10.1 Å². The van der Waals surface area contributed by atoms with E-state index in [0.29, 0.717) is 42.7 Å². The zero-order valence-corrected chi connectivity index (χ0v) is 18.8. The van der Waals surface area contributed by atoms with Crippen molar-refractivity contribution < 1.29 is 43.9 Å². The molecule has 0 fully saturated rings. The van der Waals surface area contributed by atoms with Crippen LogP contribution in [0.3, 0.4) is 0 Å².